The molecule has 20 heavy (non-hydrogen) atoms. The monoisotopic (exact) mass is 278 g/mol. The number of ether oxygens (including phenoxy) is 1. The van der Waals surface area contributed by atoms with E-state index in [4.69, 9.17) is 4.74 Å². The number of halogens is 1. The minimum absolute atomic E-state index is 0.138. The number of hydrogen-bond acceptors (Lipinski definition) is 3. The molecule has 1 saturated carbocycles. The molecule has 0 radical (unpaired) electrons. The second kappa shape index (κ2) is 6.10. The van der Waals surface area contributed by atoms with Gasteiger partial charge in [-0.25, -0.2) is 4.39 Å². The maximum atomic E-state index is 14.2. The SMILES string of the molecule is CN(CC1CCCO1)c1ccc(CNC2CC2)cc1F. The molecule has 1 aromatic carbocycles. The summed E-state index contributed by atoms with van der Waals surface area (Å²) in [4.78, 5) is 1.96. The molecule has 1 aromatic rings. The zero-order chi connectivity index (χ0) is 13.9. The standard InChI is InChI=1S/C16H23FN2O/c1-19(11-14-3-2-8-20-14)16-7-4-12(9-15(16)17)10-18-13-5-6-13/h4,7,9,13-14,18H,2-3,5-6,8,10-11H2,1H3. The van der Waals surface area contributed by atoms with Crippen molar-refractivity contribution in [3.63, 3.8) is 0 Å². The highest BCUT2D eigenvalue weighted by molar-refractivity contribution is 5.48. The minimum atomic E-state index is -0.138. The van der Waals surface area contributed by atoms with Gasteiger partial charge in [0.15, 0.2) is 0 Å². The van der Waals surface area contributed by atoms with E-state index in [1.54, 1.807) is 6.07 Å². The van der Waals surface area contributed by atoms with Crippen molar-refractivity contribution < 1.29 is 9.13 Å². The Morgan fingerprint density at radius 3 is 2.85 bits per heavy atom. The summed E-state index contributed by atoms with van der Waals surface area (Å²) in [6.07, 6.45) is 4.95. The highest BCUT2D eigenvalue weighted by atomic mass is 19.1. The molecule has 1 unspecified atom stereocenters. The van der Waals surface area contributed by atoms with Crippen LogP contribution >= 0.6 is 0 Å². The molecule has 0 amide bonds. The molecule has 4 heteroatoms. The van der Waals surface area contributed by atoms with Crippen molar-refractivity contribution in [1.29, 1.82) is 0 Å². The third kappa shape index (κ3) is 3.49. The van der Waals surface area contributed by atoms with Crippen LogP contribution in [0.4, 0.5) is 10.1 Å². The fourth-order valence-electron chi connectivity index (χ4n) is 2.71. The maximum Gasteiger partial charge on any atom is 0.146 e. The molecule has 0 bridgehead atoms. The fraction of sp³-hybridized carbons (Fsp3) is 0.625. The average Bonchev–Trinajstić information content (AvgIpc) is 3.13. The zero-order valence-electron chi connectivity index (χ0n) is 12.1. The molecule has 3 rings (SSSR count). The van der Waals surface area contributed by atoms with Crippen LogP contribution < -0.4 is 10.2 Å². The largest absolute Gasteiger partial charge is 0.376 e. The Bertz CT molecular complexity index is 456. The first-order valence-corrected chi connectivity index (χ1v) is 7.57. The Morgan fingerprint density at radius 1 is 1.35 bits per heavy atom. The Balaban J connectivity index is 1.59. The number of hydrogen-bond donors (Lipinski definition) is 1. The van der Waals surface area contributed by atoms with E-state index < -0.39 is 0 Å². The van der Waals surface area contributed by atoms with Crippen LogP contribution in [0.15, 0.2) is 18.2 Å². The number of anilines is 1. The van der Waals surface area contributed by atoms with E-state index in [2.05, 4.69) is 5.32 Å². The van der Waals surface area contributed by atoms with Gasteiger partial charge >= 0.3 is 0 Å². The molecular weight excluding hydrogens is 255 g/mol. The van der Waals surface area contributed by atoms with Gasteiger partial charge in [-0.1, -0.05) is 6.07 Å². The molecule has 0 aromatic heterocycles. The van der Waals surface area contributed by atoms with Crippen LogP contribution in [0, 0.1) is 5.82 Å². The van der Waals surface area contributed by atoms with Gasteiger partial charge < -0.3 is 15.0 Å². The van der Waals surface area contributed by atoms with Crippen molar-refractivity contribution in [2.75, 3.05) is 25.1 Å². The van der Waals surface area contributed by atoms with Crippen LogP contribution in [-0.4, -0.2) is 32.3 Å². The van der Waals surface area contributed by atoms with Gasteiger partial charge in [0.1, 0.15) is 5.82 Å². The third-order valence-corrected chi connectivity index (χ3v) is 4.10. The lowest BCUT2D eigenvalue weighted by Crippen LogP contribution is -2.29. The summed E-state index contributed by atoms with van der Waals surface area (Å²) in [7, 11) is 1.93. The topological polar surface area (TPSA) is 24.5 Å². The molecule has 2 aliphatic rings. The van der Waals surface area contributed by atoms with Gasteiger partial charge in [-0.15, -0.1) is 0 Å². The Labute approximate surface area is 120 Å². The molecule has 3 nitrogen and oxygen atoms in total. The van der Waals surface area contributed by atoms with E-state index in [9.17, 15) is 4.39 Å². The van der Waals surface area contributed by atoms with Crippen LogP contribution in [0.2, 0.25) is 0 Å². The molecular formula is C16H23FN2O. The molecule has 1 heterocycles. The van der Waals surface area contributed by atoms with Gasteiger partial charge in [0.2, 0.25) is 0 Å². The highest BCUT2D eigenvalue weighted by Gasteiger charge is 2.21. The lowest BCUT2D eigenvalue weighted by molar-refractivity contribution is 0.116. The normalized spacial score (nSPS) is 22.2. The quantitative estimate of drug-likeness (QED) is 0.866. The van der Waals surface area contributed by atoms with Crippen molar-refractivity contribution in [1.82, 2.24) is 5.32 Å². The van der Waals surface area contributed by atoms with E-state index in [1.807, 2.05) is 24.1 Å². The van der Waals surface area contributed by atoms with Gasteiger partial charge in [0.25, 0.3) is 0 Å². The second-order valence-electron chi connectivity index (χ2n) is 5.96. The average molecular weight is 278 g/mol. The third-order valence-electron chi connectivity index (χ3n) is 4.10. The van der Waals surface area contributed by atoms with Gasteiger partial charge in [0.05, 0.1) is 11.8 Å². The van der Waals surface area contributed by atoms with Crippen molar-refractivity contribution >= 4 is 5.69 Å². The molecule has 0 spiro atoms. The molecule has 1 aliphatic heterocycles. The summed E-state index contributed by atoms with van der Waals surface area (Å²) in [6.45, 7) is 2.36. The van der Waals surface area contributed by atoms with Crippen molar-refractivity contribution in [2.45, 2.75) is 44.4 Å². The van der Waals surface area contributed by atoms with Gasteiger partial charge in [-0.05, 0) is 43.4 Å². The lowest BCUT2D eigenvalue weighted by atomic mass is 10.1. The minimum Gasteiger partial charge on any atom is -0.376 e. The van der Waals surface area contributed by atoms with Crippen molar-refractivity contribution in [3.8, 4) is 0 Å². The van der Waals surface area contributed by atoms with E-state index in [-0.39, 0.29) is 11.9 Å². The fourth-order valence-corrected chi connectivity index (χ4v) is 2.71. The molecule has 1 aliphatic carbocycles. The molecule has 110 valence electrons. The van der Waals surface area contributed by atoms with E-state index >= 15 is 0 Å². The zero-order valence-corrected chi connectivity index (χ0v) is 12.1. The predicted octanol–water partition coefficient (Wildman–Crippen LogP) is 2.69. The first-order valence-electron chi connectivity index (χ1n) is 7.57. The number of nitrogens with zero attached hydrogens (tertiary/aromatic N) is 1. The highest BCUT2D eigenvalue weighted by Crippen LogP contribution is 2.23. The molecule has 1 N–H and O–H groups in total. The van der Waals surface area contributed by atoms with Gasteiger partial charge in [0, 0.05) is 32.8 Å². The number of benzene rings is 1. The van der Waals surface area contributed by atoms with Crippen LogP contribution in [0.3, 0.4) is 0 Å². The Kier molecular flexibility index (Phi) is 4.22. The van der Waals surface area contributed by atoms with E-state index in [1.165, 1.54) is 12.8 Å². The van der Waals surface area contributed by atoms with Crippen molar-refractivity contribution in [2.24, 2.45) is 0 Å². The second-order valence-corrected chi connectivity index (χ2v) is 5.96. The summed E-state index contributed by atoms with van der Waals surface area (Å²) in [6, 6.07) is 6.20. The molecule has 1 saturated heterocycles. The number of nitrogens with one attached hydrogen (secondary N) is 1. The first-order chi connectivity index (χ1) is 9.72. The van der Waals surface area contributed by atoms with Crippen LogP contribution in [0.1, 0.15) is 31.2 Å². The number of rotatable bonds is 6. The summed E-state index contributed by atoms with van der Waals surface area (Å²) < 4.78 is 19.8. The van der Waals surface area contributed by atoms with Crippen LogP contribution in [0.5, 0.6) is 0 Å². The molecule has 1 atom stereocenters. The summed E-state index contributed by atoms with van der Waals surface area (Å²) in [5.41, 5.74) is 1.68. The van der Waals surface area contributed by atoms with Gasteiger partial charge in [-0.3, -0.25) is 0 Å². The Morgan fingerprint density at radius 2 is 2.20 bits per heavy atom. The summed E-state index contributed by atoms with van der Waals surface area (Å²) in [5, 5.41) is 3.41. The molecule has 2 fully saturated rings. The van der Waals surface area contributed by atoms with Crippen molar-refractivity contribution in [3.05, 3.63) is 29.6 Å². The maximum absolute atomic E-state index is 14.2. The lowest BCUT2D eigenvalue weighted by Gasteiger charge is -2.23. The summed E-state index contributed by atoms with van der Waals surface area (Å²) >= 11 is 0. The van der Waals surface area contributed by atoms with Gasteiger partial charge in [-0.2, -0.15) is 0 Å². The van der Waals surface area contributed by atoms with Crippen LogP contribution in [0.25, 0.3) is 0 Å². The van der Waals surface area contributed by atoms with E-state index in [0.717, 1.165) is 38.1 Å². The van der Waals surface area contributed by atoms with Crippen LogP contribution in [-0.2, 0) is 11.3 Å². The number of likely N-dealkylation sites (N-methyl/N-ethyl adjacent to an activating group) is 1. The first kappa shape index (κ1) is 13.8. The van der Waals surface area contributed by atoms with E-state index in [0.29, 0.717) is 11.7 Å². The Hall–Kier alpha value is -1.13. The smallest absolute Gasteiger partial charge is 0.146 e. The summed E-state index contributed by atoms with van der Waals surface area (Å²) in [5.74, 6) is -0.138. The predicted molar refractivity (Wildman–Crippen MR) is 78.5 cm³/mol.